The number of hydrogen-bond donors (Lipinski definition) is 4. The highest BCUT2D eigenvalue weighted by Gasteiger charge is 1.95. The lowest BCUT2D eigenvalue weighted by Crippen LogP contribution is -2.41. The van der Waals surface area contributed by atoms with Crippen LogP contribution in [0, 0.1) is 0 Å². The Labute approximate surface area is 40.5 Å². The van der Waals surface area contributed by atoms with Crippen LogP contribution < -0.4 is 16.2 Å². The van der Waals surface area contributed by atoms with Crippen molar-refractivity contribution in [3.8, 4) is 0 Å². The molecule has 0 radical (unpaired) electrons. The van der Waals surface area contributed by atoms with Crippen molar-refractivity contribution in [3.63, 3.8) is 0 Å². The molecule has 0 atom stereocenters. The van der Waals surface area contributed by atoms with Gasteiger partial charge in [-0.15, -0.1) is 4.83 Å². The monoisotopic (exact) mass is 127 g/mol. The van der Waals surface area contributed by atoms with Crippen molar-refractivity contribution in [3.05, 3.63) is 0 Å². The minimum absolute atomic E-state index is 1.34. The number of hydrogen-bond acceptors (Lipinski definition) is 4. The molecular formula is H5N3O3S. The summed E-state index contributed by atoms with van der Waals surface area (Å²) >= 11 is 0. The molecule has 5 N–H and O–H groups in total. The van der Waals surface area contributed by atoms with Crippen molar-refractivity contribution in [2.45, 2.75) is 0 Å². The van der Waals surface area contributed by atoms with Gasteiger partial charge in [0.2, 0.25) is 0 Å². The molecule has 0 saturated carbocycles. The first-order chi connectivity index (χ1) is 3.06. The first kappa shape index (κ1) is 6.79. The molecule has 0 aliphatic heterocycles. The number of nitrogens with one attached hydrogen (secondary N) is 2. The van der Waals surface area contributed by atoms with E-state index in [1.54, 1.807) is 0 Å². The van der Waals surface area contributed by atoms with Gasteiger partial charge in [0, 0.05) is 0 Å². The molecule has 44 valence electrons. The van der Waals surface area contributed by atoms with Crippen molar-refractivity contribution >= 4 is 10.3 Å². The Morgan fingerprint density at radius 1 is 1.57 bits per heavy atom. The third-order valence-corrected chi connectivity index (χ3v) is 0.564. The molecule has 0 heterocycles. The maximum atomic E-state index is 9.53. The van der Waals surface area contributed by atoms with Crippen molar-refractivity contribution in [2.75, 3.05) is 0 Å². The van der Waals surface area contributed by atoms with Crippen molar-refractivity contribution in [1.82, 2.24) is 10.4 Å². The van der Waals surface area contributed by atoms with Gasteiger partial charge in [-0.2, -0.15) is 14.0 Å². The Bertz CT molecular complexity index is 123. The third-order valence-electron chi connectivity index (χ3n) is 0.188. The highest BCUT2D eigenvalue weighted by molar-refractivity contribution is 7.83. The second kappa shape index (κ2) is 2.19. The van der Waals surface area contributed by atoms with Gasteiger partial charge in [0.05, 0.1) is 0 Å². The normalized spacial score (nSPS) is 11.7. The van der Waals surface area contributed by atoms with Crippen LogP contribution in [0.25, 0.3) is 0 Å². The highest BCUT2D eigenvalue weighted by atomic mass is 32.2. The van der Waals surface area contributed by atoms with Crippen LogP contribution in [0.4, 0.5) is 0 Å². The minimum atomic E-state index is -4.16. The molecule has 0 unspecified atom stereocenters. The molecule has 0 fully saturated rings. The molecule has 0 aromatic heterocycles. The van der Waals surface area contributed by atoms with E-state index in [9.17, 15) is 8.42 Å². The van der Waals surface area contributed by atoms with Gasteiger partial charge in [0.25, 0.3) is 0 Å². The van der Waals surface area contributed by atoms with E-state index in [4.69, 9.17) is 4.55 Å². The predicted octanol–water partition coefficient (Wildman–Crippen LogP) is -2.24. The zero-order valence-corrected chi connectivity index (χ0v) is 4.07. The average Bonchev–Trinajstić information content (AvgIpc) is 1.30. The minimum Gasteiger partial charge on any atom is -0.273 e. The van der Waals surface area contributed by atoms with Crippen molar-refractivity contribution in [1.29, 1.82) is 0 Å². The molecule has 6 nitrogen and oxygen atoms in total. The molecule has 0 saturated heterocycles. The summed E-state index contributed by atoms with van der Waals surface area (Å²) in [5, 5.41) is 0. The first-order valence-electron chi connectivity index (χ1n) is 1.26. The standard InChI is InChI=1S/H5N3O3S/c1-2-3-7(4,5)6/h2-3H,1H2,(H,4,5,6). The molecule has 7 heavy (non-hydrogen) atoms. The van der Waals surface area contributed by atoms with Crippen molar-refractivity contribution in [2.24, 2.45) is 5.84 Å². The highest BCUT2D eigenvalue weighted by Crippen LogP contribution is 1.60. The van der Waals surface area contributed by atoms with E-state index in [1.165, 1.54) is 10.4 Å². The molecule has 0 rings (SSSR count). The summed E-state index contributed by atoms with van der Waals surface area (Å²) in [6.07, 6.45) is 0. The van der Waals surface area contributed by atoms with Crippen LogP contribution in [0.2, 0.25) is 0 Å². The van der Waals surface area contributed by atoms with Crippen LogP contribution in [-0.2, 0) is 10.3 Å². The van der Waals surface area contributed by atoms with Gasteiger partial charge in [0.1, 0.15) is 0 Å². The van der Waals surface area contributed by atoms with E-state index in [0.717, 1.165) is 0 Å². The zero-order chi connectivity index (χ0) is 5.91. The van der Waals surface area contributed by atoms with Gasteiger partial charge >= 0.3 is 10.3 Å². The summed E-state index contributed by atoms with van der Waals surface area (Å²) in [5.41, 5.74) is 1.52. The van der Waals surface area contributed by atoms with E-state index < -0.39 is 10.3 Å². The van der Waals surface area contributed by atoms with Gasteiger partial charge < -0.3 is 0 Å². The van der Waals surface area contributed by atoms with E-state index in [2.05, 4.69) is 5.84 Å². The molecular weight excluding hydrogens is 122 g/mol. The lowest BCUT2D eigenvalue weighted by Gasteiger charge is -1.92. The second-order valence-electron chi connectivity index (χ2n) is 0.721. The first-order valence-corrected chi connectivity index (χ1v) is 2.70. The van der Waals surface area contributed by atoms with E-state index in [-0.39, 0.29) is 0 Å². The van der Waals surface area contributed by atoms with Crippen LogP contribution in [0.15, 0.2) is 0 Å². The fraction of sp³-hybridized carbons (Fsp3) is 0. The Hall–Kier alpha value is -0.210. The van der Waals surface area contributed by atoms with Crippen LogP contribution >= 0.6 is 0 Å². The fourth-order valence-electron chi connectivity index (χ4n) is 0.0745. The van der Waals surface area contributed by atoms with Gasteiger partial charge in [-0.3, -0.25) is 10.4 Å². The van der Waals surface area contributed by atoms with E-state index >= 15 is 0 Å². The zero-order valence-electron chi connectivity index (χ0n) is 3.25. The van der Waals surface area contributed by atoms with Crippen LogP contribution in [-0.4, -0.2) is 13.0 Å². The Balaban J connectivity index is 3.60. The molecule has 0 aromatic carbocycles. The summed E-state index contributed by atoms with van der Waals surface area (Å²) in [5.74, 6) is 4.41. The summed E-state index contributed by atoms with van der Waals surface area (Å²) in [7, 11) is -4.16. The maximum Gasteiger partial charge on any atom is 0.347 e. The summed E-state index contributed by atoms with van der Waals surface area (Å²) in [6, 6.07) is 0. The molecule has 0 aliphatic carbocycles. The lowest BCUT2D eigenvalue weighted by molar-refractivity contribution is 0.454. The van der Waals surface area contributed by atoms with Gasteiger partial charge in [-0.05, 0) is 0 Å². The Kier molecular flexibility index (Phi) is 2.12. The predicted molar refractivity (Wildman–Crippen MR) is 22.0 cm³/mol. The molecule has 0 amide bonds. The Morgan fingerprint density at radius 3 is 2.00 bits per heavy atom. The number of hydrazine groups is 2. The largest absolute Gasteiger partial charge is 0.347 e. The molecule has 0 bridgehead atoms. The fourth-order valence-corrected chi connectivity index (χ4v) is 0.223. The number of rotatable bonds is 2. The van der Waals surface area contributed by atoms with Gasteiger partial charge in [-0.25, -0.2) is 0 Å². The van der Waals surface area contributed by atoms with Crippen LogP contribution in [0.3, 0.4) is 0 Å². The summed E-state index contributed by atoms with van der Waals surface area (Å²) in [4.78, 5) is 1.34. The quantitative estimate of drug-likeness (QED) is 0.191. The maximum absolute atomic E-state index is 9.53. The Morgan fingerprint density at radius 2 is 2.00 bits per heavy atom. The van der Waals surface area contributed by atoms with E-state index in [1.807, 2.05) is 0 Å². The third kappa shape index (κ3) is 5.79. The summed E-state index contributed by atoms with van der Waals surface area (Å²) in [6.45, 7) is 0. The average molecular weight is 127 g/mol. The molecule has 0 spiro atoms. The smallest absolute Gasteiger partial charge is 0.273 e. The molecule has 7 heteroatoms. The van der Waals surface area contributed by atoms with Gasteiger partial charge in [-0.1, -0.05) is 0 Å². The molecule has 0 aromatic rings. The summed E-state index contributed by atoms with van der Waals surface area (Å²) < 4.78 is 26.8. The SMILES string of the molecule is NNNS(=O)(=O)O. The second-order valence-corrected chi connectivity index (χ2v) is 1.88. The van der Waals surface area contributed by atoms with Crippen LogP contribution in [0.5, 0.6) is 0 Å². The van der Waals surface area contributed by atoms with Crippen LogP contribution in [0.1, 0.15) is 0 Å². The number of nitrogens with two attached hydrogens (primary N) is 1. The van der Waals surface area contributed by atoms with Gasteiger partial charge in [0.15, 0.2) is 0 Å². The van der Waals surface area contributed by atoms with E-state index in [0.29, 0.717) is 0 Å². The lowest BCUT2D eigenvalue weighted by atomic mass is 12.6. The molecule has 0 aliphatic rings. The van der Waals surface area contributed by atoms with Crippen molar-refractivity contribution < 1.29 is 13.0 Å². The topological polar surface area (TPSA) is 104 Å².